The van der Waals surface area contributed by atoms with Crippen LogP contribution in [0.3, 0.4) is 0 Å². The molecule has 0 aliphatic rings. The number of ether oxygens (including phenoxy) is 1. The zero-order valence-electron chi connectivity index (χ0n) is 19.7. The Morgan fingerprint density at radius 2 is 1.68 bits per heavy atom. The molecule has 0 radical (unpaired) electrons. The molecule has 176 valence electrons. The van der Waals surface area contributed by atoms with Gasteiger partial charge < -0.3 is 15.4 Å². The van der Waals surface area contributed by atoms with Gasteiger partial charge in [-0.1, -0.05) is 42.5 Å². The van der Waals surface area contributed by atoms with E-state index in [0.29, 0.717) is 18.5 Å². The van der Waals surface area contributed by atoms with Crippen molar-refractivity contribution in [2.24, 2.45) is 0 Å². The third-order valence-corrected chi connectivity index (χ3v) is 4.77. The lowest BCUT2D eigenvalue weighted by molar-refractivity contribution is -0.118. The molecule has 2 heterocycles. The van der Waals surface area contributed by atoms with E-state index in [9.17, 15) is 9.59 Å². The van der Waals surface area contributed by atoms with Crippen molar-refractivity contribution >= 4 is 29.8 Å². The average Bonchev–Trinajstić information content (AvgIpc) is 2.81. The predicted molar refractivity (Wildman–Crippen MR) is 134 cm³/mol. The molecule has 0 saturated carbocycles. The molecule has 1 aromatic carbocycles. The van der Waals surface area contributed by atoms with Crippen molar-refractivity contribution in [1.82, 2.24) is 15.3 Å². The fourth-order valence-electron chi connectivity index (χ4n) is 3.19. The number of amides is 2. The number of nitrogens with zero attached hydrogens (tertiary/aromatic N) is 2. The molecule has 0 bridgehead atoms. The molecule has 3 aromatic rings. The highest BCUT2D eigenvalue weighted by Gasteiger charge is 2.24. The summed E-state index contributed by atoms with van der Waals surface area (Å²) in [5.74, 6) is -0.334. The van der Waals surface area contributed by atoms with Gasteiger partial charge in [-0.15, -0.1) is 0 Å². The summed E-state index contributed by atoms with van der Waals surface area (Å²) in [5.41, 5.74) is 2.79. The highest BCUT2D eigenvalue weighted by Crippen LogP contribution is 2.14. The van der Waals surface area contributed by atoms with Gasteiger partial charge in [0.25, 0.3) is 0 Å². The fourth-order valence-corrected chi connectivity index (χ4v) is 3.19. The van der Waals surface area contributed by atoms with Crippen LogP contribution in [-0.2, 0) is 16.0 Å². The standard InChI is InChI=1S/C27H30N4O3/c1-27(2,3)34-26(33)31-24(12-11-20-7-5-4-6-8-20)25(32)30-23-17-22(18-29-19-23)10-9-21-13-15-28-16-14-21/h4-10,13-19,24H,11-12H2,1-3H3,(H,30,32)(H,31,33)/b10-9+/t24-/m0/s1. The van der Waals surface area contributed by atoms with E-state index in [0.717, 1.165) is 16.7 Å². The first-order chi connectivity index (χ1) is 16.3. The molecule has 34 heavy (non-hydrogen) atoms. The second kappa shape index (κ2) is 11.7. The monoisotopic (exact) mass is 458 g/mol. The van der Waals surface area contributed by atoms with Gasteiger partial charge in [0.1, 0.15) is 11.6 Å². The summed E-state index contributed by atoms with van der Waals surface area (Å²) >= 11 is 0. The molecule has 7 heteroatoms. The molecule has 3 rings (SSSR count). The molecule has 0 aliphatic carbocycles. The lowest BCUT2D eigenvalue weighted by atomic mass is 10.0. The highest BCUT2D eigenvalue weighted by molar-refractivity contribution is 5.96. The Labute approximate surface area is 200 Å². The van der Waals surface area contributed by atoms with Crippen LogP contribution in [0.1, 0.15) is 43.9 Å². The molecule has 0 spiro atoms. The van der Waals surface area contributed by atoms with E-state index in [1.807, 2.05) is 60.7 Å². The number of rotatable bonds is 8. The van der Waals surface area contributed by atoms with Gasteiger partial charge in [-0.3, -0.25) is 14.8 Å². The molecular weight excluding hydrogens is 428 g/mol. The van der Waals surface area contributed by atoms with Crippen LogP contribution in [0.2, 0.25) is 0 Å². The number of carbonyl (C=O) groups excluding carboxylic acids is 2. The molecule has 0 aliphatic heterocycles. The number of alkyl carbamates (subject to hydrolysis) is 1. The number of benzene rings is 1. The van der Waals surface area contributed by atoms with E-state index in [4.69, 9.17) is 4.74 Å². The van der Waals surface area contributed by atoms with Crippen LogP contribution in [0.5, 0.6) is 0 Å². The summed E-state index contributed by atoms with van der Waals surface area (Å²) in [6.45, 7) is 5.34. The topological polar surface area (TPSA) is 93.2 Å². The Kier molecular flexibility index (Phi) is 8.51. The first kappa shape index (κ1) is 24.6. The molecule has 2 aromatic heterocycles. The Morgan fingerprint density at radius 3 is 2.38 bits per heavy atom. The van der Waals surface area contributed by atoms with Gasteiger partial charge in [0.05, 0.1) is 11.9 Å². The maximum atomic E-state index is 13.1. The Bertz CT molecular complexity index is 1110. The van der Waals surface area contributed by atoms with Gasteiger partial charge >= 0.3 is 6.09 Å². The van der Waals surface area contributed by atoms with Crippen LogP contribution in [0.4, 0.5) is 10.5 Å². The number of aromatic nitrogens is 2. The SMILES string of the molecule is CC(C)(C)OC(=O)N[C@@H](CCc1ccccc1)C(=O)Nc1cncc(/C=C/c2ccncc2)c1. The first-order valence-electron chi connectivity index (χ1n) is 11.2. The van der Waals surface area contributed by atoms with Crippen molar-refractivity contribution < 1.29 is 14.3 Å². The van der Waals surface area contributed by atoms with Crippen molar-refractivity contribution in [3.8, 4) is 0 Å². The van der Waals surface area contributed by atoms with Crippen LogP contribution >= 0.6 is 0 Å². The third kappa shape index (κ3) is 8.50. The minimum Gasteiger partial charge on any atom is -0.444 e. The number of anilines is 1. The Morgan fingerprint density at radius 1 is 0.971 bits per heavy atom. The lowest BCUT2D eigenvalue weighted by Gasteiger charge is -2.23. The lowest BCUT2D eigenvalue weighted by Crippen LogP contribution is -2.46. The molecule has 1 atom stereocenters. The number of nitrogens with one attached hydrogen (secondary N) is 2. The normalized spacial score (nSPS) is 12.2. The maximum absolute atomic E-state index is 13.1. The molecule has 0 saturated heterocycles. The van der Waals surface area contributed by atoms with Gasteiger partial charge in [-0.25, -0.2) is 4.79 Å². The zero-order chi connectivity index (χ0) is 24.4. The van der Waals surface area contributed by atoms with Crippen molar-refractivity contribution in [2.45, 2.75) is 45.3 Å². The van der Waals surface area contributed by atoms with Crippen LogP contribution in [0, 0.1) is 0 Å². The number of hydrogen-bond acceptors (Lipinski definition) is 5. The van der Waals surface area contributed by atoms with E-state index in [1.165, 1.54) is 0 Å². The van der Waals surface area contributed by atoms with Crippen LogP contribution in [-0.4, -0.2) is 33.6 Å². The van der Waals surface area contributed by atoms with Crippen LogP contribution in [0.15, 0.2) is 73.3 Å². The van der Waals surface area contributed by atoms with Crippen molar-refractivity contribution in [3.63, 3.8) is 0 Å². The summed E-state index contributed by atoms with van der Waals surface area (Å²) in [4.78, 5) is 33.7. The quantitative estimate of drug-likeness (QED) is 0.489. The second-order valence-electron chi connectivity index (χ2n) is 8.83. The summed E-state index contributed by atoms with van der Waals surface area (Å²) in [6, 6.07) is 14.7. The summed E-state index contributed by atoms with van der Waals surface area (Å²) in [7, 11) is 0. The highest BCUT2D eigenvalue weighted by atomic mass is 16.6. The third-order valence-electron chi connectivity index (χ3n) is 4.77. The van der Waals surface area contributed by atoms with E-state index >= 15 is 0 Å². The number of hydrogen-bond donors (Lipinski definition) is 2. The number of aryl methyl sites for hydroxylation is 1. The minimum absolute atomic E-state index is 0.334. The Balaban J connectivity index is 1.69. The Hall–Kier alpha value is -4.00. The molecule has 0 unspecified atom stereocenters. The molecule has 2 N–H and O–H groups in total. The fraction of sp³-hybridized carbons (Fsp3) is 0.259. The van der Waals surface area contributed by atoms with E-state index in [-0.39, 0.29) is 5.91 Å². The zero-order valence-corrected chi connectivity index (χ0v) is 19.7. The average molecular weight is 459 g/mol. The van der Waals surface area contributed by atoms with Crippen molar-refractivity contribution in [1.29, 1.82) is 0 Å². The number of pyridine rings is 2. The minimum atomic E-state index is -0.772. The van der Waals surface area contributed by atoms with Gasteiger partial charge in [0.15, 0.2) is 0 Å². The molecule has 2 amide bonds. The summed E-state index contributed by atoms with van der Waals surface area (Å²) in [6.07, 6.45) is 11.0. The summed E-state index contributed by atoms with van der Waals surface area (Å²) < 4.78 is 5.36. The van der Waals surface area contributed by atoms with Crippen LogP contribution < -0.4 is 10.6 Å². The van der Waals surface area contributed by atoms with E-state index < -0.39 is 17.7 Å². The van der Waals surface area contributed by atoms with Gasteiger partial charge in [0.2, 0.25) is 5.91 Å². The smallest absolute Gasteiger partial charge is 0.408 e. The molecular formula is C27H30N4O3. The van der Waals surface area contributed by atoms with Crippen LogP contribution in [0.25, 0.3) is 12.2 Å². The second-order valence-corrected chi connectivity index (χ2v) is 8.83. The maximum Gasteiger partial charge on any atom is 0.408 e. The predicted octanol–water partition coefficient (Wildman–Crippen LogP) is 5.11. The van der Waals surface area contributed by atoms with E-state index in [2.05, 4.69) is 20.6 Å². The molecule has 0 fully saturated rings. The van der Waals surface area contributed by atoms with Gasteiger partial charge in [-0.2, -0.15) is 0 Å². The first-order valence-corrected chi connectivity index (χ1v) is 11.2. The summed E-state index contributed by atoms with van der Waals surface area (Å²) in [5, 5.41) is 5.58. The van der Waals surface area contributed by atoms with E-state index in [1.54, 1.807) is 45.6 Å². The number of carbonyl (C=O) groups is 2. The van der Waals surface area contributed by atoms with Crippen molar-refractivity contribution in [2.75, 3.05) is 5.32 Å². The molecule has 7 nitrogen and oxygen atoms in total. The van der Waals surface area contributed by atoms with Gasteiger partial charge in [-0.05, 0) is 68.5 Å². The van der Waals surface area contributed by atoms with Gasteiger partial charge in [0, 0.05) is 18.6 Å². The largest absolute Gasteiger partial charge is 0.444 e. The van der Waals surface area contributed by atoms with Crippen molar-refractivity contribution in [3.05, 3.63) is 90.0 Å².